The van der Waals surface area contributed by atoms with Crippen LogP contribution in [0.5, 0.6) is 11.5 Å². The number of urea groups is 1. The van der Waals surface area contributed by atoms with Gasteiger partial charge in [0.05, 0.1) is 26.0 Å². The molecule has 1 atom stereocenters. The number of hydrogen-bond acceptors (Lipinski definition) is 5. The van der Waals surface area contributed by atoms with E-state index in [-0.39, 0.29) is 12.1 Å². The van der Waals surface area contributed by atoms with E-state index in [1.54, 1.807) is 14.2 Å². The quantitative estimate of drug-likeness (QED) is 0.877. The van der Waals surface area contributed by atoms with Gasteiger partial charge in [-0.1, -0.05) is 0 Å². The number of piperazine rings is 1. The van der Waals surface area contributed by atoms with Crippen molar-refractivity contribution in [2.45, 2.75) is 18.9 Å². The number of nitrogens with one attached hydrogen (secondary N) is 1. The molecule has 25 heavy (non-hydrogen) atoms. The van der Waals surface area contributed by atoms with E-state index >= 15 is 0 Å². The van der Waals surface area contributed by atoms with Gasteiger partial charge < -0.3 is 29.3 Å². The fourth-order valence-electron chi connectivity index (χ4n) is 3.31. The van der Waals surface area contributed by atoms with Crippen molar-refractivity contribution in [3.05, 3.63) is 18.2 Å². The lowest BCUT2D eigenvalue weighted by molar-refractivity contribution is 0.108. The molecule has 0 aliphatic carbocycles. The second kappa shape index (κ2) is 8.29. The summed E-state index contributed by atoms with van der Waals surface area (Å²) in [5.74, 6) is 1.62. The van der Waals surface area contributed by atoms with Gasteiger partial charge in [-0.15, -0.1) is 0 Å². The molecule has 0 saturated carbocycles. The molecule has 2 saturated heterocycles. The van der Waals surface area contributed by atoms with Crippen molar-refractivity contribution in [2.75, 3.05) is 58.5 Å². The molecule has 7 heteroatoms. The molecule has 2 fully saturated rings. The van der Waals surface area contributed by atoms with Crippen molar-refractivity contribution < 1.29 is 19.0 Å². The Hall–Kier alpha value is -2.15. The van der Waals surface area contributed by atoms with Gasteiger partial charge >= 0.3 is 6.03 Å². The van der Waals surface area contributed by atoms with Gasteiger partial charge in [-0.05, 0) is 25.0 Å². The van der Waals surface area contributed by atoms with Crippen molar-refractivity contribution in [3.63, 3.8) is 0 Å². The number of methoxy groups -OCH3 is 2. The van der Waals surface area contributed by atoms with E-state index in [0.29, 0.717) is 19.6 Å². The van der Waals surface area contributed by atoms with E-state index in [9.17, 15) is 4.79 Å². The van der Waals surface area contributed by atoms with Crippen LogP contribution in [-0.2, 0) is 4.74 Å². The van der Waals surface area contributed by atoms with Crippen LogP contribution in [0.2, 0.25) is 0 Å². The standard InChI is InChI=1S/C18H27N3O4/c1-23-14-5-6-17(24-2)16(12-14)20-7-9-21(10-8-20)18(22)19-13-15-4-3-11-25-15/h5-6,12,15H,3-4,7-11,13H2,1-2H3,(H,19,22). The molecule has 0 radical (unpaired) electrons. The molecule has 0 spiro atoms. The molecule has 1 aromatic rings. The van der Waals surface area contributed by atoms with Gasteiger partial charge in [-0.25, -0.2) is 4.79 Å². The molecule has 1 N–H and O–H groups in total. The number of carbonyl (C=O) groups excluding carboxylic acids is 1. The lowest BCUT2D eigenvalue weighted by Gasteiger charge is -2.36. The van der Waals surface area contributed by atoms with Crippen LogP contribution in [-0.4, -0.2) is 70.6 Å². The van der Waals surface area contributed by atoms with Crippen LogP contribution < -0.4 is 19.7 Å². The van der Waals surface area contributed by atoms with Crippen LogP contribution in [0.3, 0.4) is 0 Å². The van der Waals surface area contributed by atoms with Gasteiger partial charge in [0.2, 0.25) is 0 Å². The van der Waals surface area contributed by atoms with Crippen LogP contribution >= 0.6 is 0 Å². The Labute approximate surface area is 148 Å². The number of benzene rings is 1. The van der Waals surface area contributed by atoms with Crippen molar-refractivity contribution in [1.29, 1.82) is 0 Å². The summed E-state index contributed by atoms with van der Waals surface area (Å²) < 4.78 is 16.3. The Morgan fingerprint density at radius 3 is 2.68 bits per heavy atom. The number of ether oxygens (including phenoxy) is 3. The fourth-order valence-corrected chi connectivity index (χ4v) is 3.31. The highest BCUT2D eigenvalue weighted by Gasteiger charge is 2.24. The van der Waals surface area contributed by atoms with E-state index in [4.69, 9.17) is 14.2 Å². The van der Waals surface area contributed by atoms with Gasteiger partial charge in [0.25, 0.3) is 0 Å². The van der Waals surface area contributed by atoms with Crippen LogP contribution in [0.15, 0.2) is 18.2 Å². The summed E-state index contributed by atoms with van der Waals surface area (Å²) in [4.78, 5) is 16.4. The summed E-state index contributed by atoms with van der Waals surface area (Å²) in [5.41, 5.74) is 1.00. The average Bonchev–Trinajstić information content (AvgIpc) is 3.19. The van der Waals surface area contributed by atoms with E-state index in [1.165, 1.54) is 0 Å². The molecule has 3 rings (SSSR count). The largest absolute Gasteiger partial charge is 0.497 e. The first-order valence-electron chi connectivity index (χ1n) is 8.82. The molecule has 2 aliphatic rings. The maximum Gasteiger partial charge on any atom is 0.317 e. The van der Waals surface area contributed by atoms with Gasteiger partial charge in [0.1, 0.15) is 11.5 Å². The summed E-state index contributed by atoms with van der Waals surface area (Å²) in [6, 6.07) is 5.77. The molecule has 2 amide bonds. The minimum absolute atomic E-state index is 0.00671. The first-order valence-corrected chi connectivity index (χ1v) is 8.82. The molecular weight excluding hydrogens is 322 g/mol. The number of nitrogens with zero attached hydrogens (tertiary/aromatic N) is 2. The maximum absolute atomic E-state index is 12.3. The minimum atomic E-state index is -0.00671. The Balaban J connectivity index is 1.53. The Morgan fingerprint density at radius 2 is 2.04 bits per heavy atom. The number of amides is 2. The van der Waals surface area contributed by atoms with Gasteiger partial charge in [0.15, 0.2) is 0 Å². The zero-order valence-electron chi connectivity index (χ0n) is 15.0. The smallest absolute Gasteiger partial charge is 0.317 e. The first kappa shape index (κ1) is 17.7. The highest BCUT2D eigenvalue weighted by atomic mass is 16.5. The number of hydrogen-bond donors (Lipinski definition) is 1. The van der Waals surface area contributed by atoms with E-state index < -0.39 is 0 Å². The molecule has 7 nitrogen and oxygen atoms in total. The van der Waals surface area contributed by atoms with E-state index in [2.05, 4.69) is 10.2 Å². The lowest BCUT2D eigenvalue weighted by Crippen LogP contribution is -2.52. The predicted molar refractivity (Wildman–Crippen MR) is 95.7 cm³/mol. The first-order chi connectivity index (χ1) is 12.2. The van der Waals surface area contributed by atoms with E-state index in [1.807, 2.05) is 23.1 Å². The second-order valence-electron chi connectivity index (χ2n) is 6.33. The molecule has 0 aromatic heterocycles. The molecule has 0 bridgehead atoms. The van der Waals surface area contributed by atoms with Crippen LogP contribution in [0.1, 0.15) is 12.8 Å². The molecular formula is C18H27N3O4. The fraction of sp³-hybridized carbons (Fsp3) is 0.611. The Kier molecular flexibility index (Phi) is 5.86. The van der Waals surface area contributed by atoms with Gasteiger partial charge in [-0.3, -0.25) is 0 Å². The van der Waals surface area contributed by atoms with Crippen LogP contribution in [0.25, 0.3) is 0 Å². The third-order valence-electron chi connectivity index (χ3n) is 4.80. The second-order valence-corrected chi connectivity index (χ2v) is 6.33. The van der Waals surface area contributed by atoms with Crippen molar-refractivity contribution in [2.24, 2.45) is 0 Å². The third kappa shape index (κ3) is 4.28. The highest BCUT2D eigenvalue weighted by Crippen LogP contribution is 2.32. The topological polar surface area (TPSA) is 63.3 Å². The maximum atomic E-state index is 12.3. The van der Waals surface area contributed by atoms with Crippen molar-refractivity contribution >= 4 is 11.7 Å². The summed E-state index contributed by atoms with van der Waals surface area (Å²) >= 11 is 0. The number of anilines is 1. The summed E-state index contributed by atoms with van der Waals surface area (Å²) in [6.45, 7) is 4.29. The number of rotatable bonds is 5. The van der Waals surface area contributed by atoms with Crippen molar-refractivity contribution in [1.82, 2.24) is 10.2 Å². The Bertz CT molecular complexity index is 582. The Morgan fingerprint density at radius 1 is 1.24 bits per heavy atom. The average molecular weight is 349 g/mol. The lowest BCUT2D eigenvalue weighted by atomic mass is 10.2. The molecule has 138 valence electrons. The number of carbonyl (C=O) groups is 1. The summed E-state index contributed by atoms with van der Waals surface area (Å²) in [6.07, 6.45) is 2.29. The third-order valence-corrected chi connectivity index (χ3v) is 4.80. The zero-order chi connectivity index (χ0) is 17.6. The van der Waals surface area contributed by atoms with Gasteiger partial charge in [0, 0.05) is 45.4 Å². The summed E-state index contributed by atoms with van der Waals surface area (Å²) in [5, 5.41) is 2.99. The molecule has 2 heterocycles. The highest BCUT2D eigenvalue weighted by molar-refractivity contribution is 5.74. The SMILES string of the molecule is COc1ccc(OC)c(N2CCN(C(=O)NCC3CCCO3)CC2)c1. The summed E-state index contributed by atoms with van der Waals surface area (Å²) in [7, 11) is 3.32. The van der Waals surface area contributed by atoms with Crippen molar-refractivity contribution in [3.8, 4) is 11.5 Å². The predicted octanol–water partition coefficient (Wildman–Crippen LogP) is 1.71. The monoisotopic (exact) mass is 349 g/mol. The normalized spacial score (nSPS) is 20.5. The zero-order valence-corrected chi connectivity index (χ0v) is 15.0. The van der Waals surface area contributed by atoms with Crippen LogP contribution in [0.4, 0.5) is 10.5 Å². The molecule has 2 aliphatic heterocycles. The van der Waals surface area contributed by atoms with E-state index in [0.717, 1.165) is 49.7 Å². The molecule has 1 aromatic carbocycles. The van der Waals surface area contributed by atoms with Crippen LogP contribution in [0, 0.1) is 0 Å². The van der Waals surface area contributed by atoms with Gasteiger partial charge in [-0.2, -0.15) is 0 Å². The minimum Gasteiger partial charge on any atom is -0.497 e. The molecule has 1 unspecified atom stereocenters.